The SMILES string of the molecule is Cc1ccc(C)c(N(C)C(=O)C2=NN([C@H]3CCS(=O)(=O)C3)C(=O)CC2)c1. The summed E-state index contributed by atoms with van der Waals surface area (Å²) in [7, 11) is -1.45. The minimum atomic E-state index is -3.13. The van der Waals surface area contributed by atoms with Crippen molar-refractivity contribution < 1.29 is 18.0 Å². The Bertz CT molecular complexity index is 892. The molecule has 0 aromatic heterocycles. The van der Waals surface area contributed by atoms with Gasteiger partial charge in [-0.15, -0.1) is 0 Å². The Morgan fingerprint density at radius 3 is 2.65 bits per heavy atom. The number of hydrogen-bond donors (Lipinski definition) is 0. The number of anilines is 1. The van der Waals surface area contributed by atoms with Gasteiger partial charge in [0.2, 0.25) is 5.91 Å². The van der Waals surface area contributed by atoms with Crippen LogP contribution in [0.15, 0.2) is 23.3 Å². The summed E-state index contributed by atoms with van der Waals surface area (Å²) in [4.78, 5) is 26.6. The van der Waals surface area contributed by atoms with Crippen molar-refractivity contribution in [3.63, 3.8) is 0 Å². The molecule has 2 heterocycles. The van der Waals surface area contributed by atoms with E-state index in [2.05, 4.69) is 5.10 Å². The minimum Gasteiger partial charge on any atom is -0.310 e. The predicted molar refractivity (Wildman–Crippen MR) is 99.9 cm³/mol. The molecular formula is C18H23N3O4S. The van der Waals surface area contributed by atoms with Crippen LogP contribution in [0.3, 0.4) is 0 Å². The van der Waals surface area contributed by atoms with Crippen LogP contribution in [0.2, 0.25) is 0 Å². The fourth-order valence-electron chi connectivity index (χ4n) is 3.36. The number of hydrogen-bond acceptors (Lipinski definition) is 5. The molecule has 0 unspecified atom stereocenters. The molecule has 1 aromatic rings. The molecule has 7 nitrogen and oxygen atoms in total. The third-order valence-electron chi connectivity index (χ3n) is 4.89. The summed E-state index contributed by atoms with van der Waals surface area (Å²) in [6, 6.07) is 5.40. The summed E-state index contributed by atoms with van der Waals surface area (Å²) in [6.45, 7) is 3.89. The zero-order valence-electron chi connectivity index (χ0n) is 15.2. The van der Waals surface area contributed by atoms with Crippen LogP contribution in [-0.2, 0) is 19.4 Å². The molecule has 1 saturated heterocycles. The molecule has 26 heavy (non-hydrogen) atoms. The van der Waals surface area contributed by atoms with E-state index >= 15 is 0 Å². The molecular weight excluding hydrogens is 354 g/mol. The maximum Gasteiger partial charge on any atom is 0.274 e. The Kier molecular flexibility index (Phi) is 4.88. The van der Waals surface area contributed by atoms with Gasteiger partial charge in [-0.25, -0.2) is 13.4 Å². The van der Waals surface area contributed by atoms with Gasteiger partial charge in [-0.3, -0.25) is 9.59 Å². The second-order valence-electron chi connectivity index (χ2n) is 7.00. The minimum absolute atomic E-state index is 0.0582. The molecule has 2 aliphatic rings. The van der Waals surface area contributed by atoms with Crippen LogP contribution in [-0.4, -0.2) is 55.5 Å². The topological polar surface area (TPSA) is 87.1 Å². The van der Waals surface area contributed by atoms with Crippen molar-refractivity contribution in [2.45, 2.75) is 39.2 Å². The number of amides is 2. The lowest BCUT2D eigenvalue weighted by atomic mass is 10.1. The number of carbonyl (C=O) groups excluding carboxylic acids is 2. The molecule has 140 valence electrons. The second kappa shape index (κ2) is 6.83. The molecule has 1 fully saturated rings. The lowest BCUT2D eigenvalue weighted by molar-refractivity contribution is -0.133. The summed E-state index contributed by atoms with van der Waals surface area (Å²) in [5.74, 6) is -0.519. The van der Waals surface area contributed by atoms with Gasteiger partial charge in [-0.2, -0.15) is 5.10 Å². The normalized spacial score (nSPS) is 22.3. The zero-order valence-corrected chi connectivity index (χ0v) is 16.0. The number of aryl methyl sites for hydroxylation is 2. The fraction of sp³-hybridized carbons (Fsp3) is 0.500. The van der Waals surface area contributed by atoms with Crippen molar-refractivity contribution in [2.24, 2.45) is 5.10 Å². The molecule has 8 heteroatoms. The molecule has 1 aromatic carbocycles. The summed E-state index contributed by atoms with van der Waals surface area (Å²) >= 11 is 0. The van der Waals surface area contributed by atoms with Crippen molar-refractivity contribution in [3.05, 3.63) is 29.3 Å². The maximum atomic E-state index is 12.9. The summed E-state index contributed by atoms with van der Waals surface area (Å²) in [5.41, 5.74) is 3.10. The zero-order chi connectivity index (χ0) is 19.1. The lowest BCUT2D eigenvalue weighted by Crippen LogP contribution is -2.44. The predicted octanol–water partition coefficient (Wildman–Crippen LogP) is 1.43. The molecule has 2 amide bonds. The molecule has 0 N–H and O–H groups in total. The fourth-order valence-corrected chi connectivity index (χ4v) is 5.05. The highest BCUT2D eigenvalue weighted by Crippen LogP contribution is 2.25. The first-order valence-electron chi connectivity index (χ1n) is 8.63. The van der Waals surface area contributed by atoms with Crippen LogP contribution < -0.4 is 4.90 Å². The molecule has 2 aliphatic heterocycles. The van der Waals surface area contributed by atoms with E-state index in [1.54, 1.807) is 11.9 Å². The third kappa shape index (κ3) is 3.65. The van der Waals surface area contributed by atoms with Gasteiger partial charge in [0.25, 0.3) is 5.91 Å². The Morgan fingerprint density at radius 2 is 2.00 bits per heavy atom. The van der Waals surface area contributed by atoms with Gasteiger partial charge in [-0.1, -0.05) is 12.1 Å². The van der Waals surface area contributed by atoms with Gasteiger partial charge in [0.05, 0.1) is 17.5 Å². The van der Waals surface area contributed by atoms with E-state index in [1.807, 2.05) is 32.0 Å². The number of rotatable bonds is 3. The smallest absolute Gasteiger partial charge is 0.274 e. The number of benzene rings is 1. The molecule has 0 spiro atoms. The summed E-state index contributed by atoms with van der Waals surface area (Å²) < 4.78 is 23.4. The van der Waals surface area contributed by atoms with E-state index < -0.39 is 15.9 Å². The van der Waals surface area contributed by atoms with Crippen LogP contribution in [0, 0.1) is 13.8 Å². The number of hydrazone groups is 1. The van der Waals surface area contributed by atoms with Crippen molar-refractivity contribution >= 4 is 33.1 Å². The van der Waals surface area contributed by atoms with Crippen molar-refractivity contribution in [1.29, 1.82) is 0 Å². The van der Waals surface area contributed by atoms with E-state index in [0.29, 0.717) is 6.42 Å². The lowest BCUT2D eigenvalue weighted by Gasteiger charge is -2.29. The van der Waals surface area contributed by atoms with Gasteiger partial charge in [0.1, 0.15) is 5.71 Å². The van der Waals surface area contributed by atoms with Crippen LogP contribution in [0.1, 0.15) is 30.4 Å². The van der Waals surface area contributed by atoms with Gasteiger partial charge in [-0.05, 0) is 37.5 Å². The van der Waals surface area contributed by atoms with Gasteiger partial charge < -0.3 is 4.90 Å². The molecule has 0 saturated carbocycles. The number of carbonyl (C=O) groups is 2. The average molecular weight is 377 g/mol. The highest BCUT2D eigenvalue weighted by Gasteiger charge is 2.37. The standard InChI is InChI=1S/C18H23N3O4S/c1-12-4-5-13(2)16(10-12)20(3)18(23)15-6-7-17(22)21(19-15)14-8-9-26(24,25)11-14/h4-5,10,14H,6-9,11H2,1-3H3/t14-/m0/s1. The van der Waals surface area contributed by atoms with E-state index in [0.717, 1.165) is 16.8 Å². The second-order valence-corrected chi connectivity index (χ2v) is 9.22. The van der Waals surface area contributed by atoms with Crippen molar-refractivity contribution in [3.8, 4) is 0 Å². The molecule has 0 radical (unpaired) electrons. The summed E-state index contributed by atoms with van der Waals surface area (Å²) in [6.07, 6.45) is 0.802. The quantitative estimate of drug-likeness (QED) is 0.797. The average Bonchev–Trinajstić information content (AvgIpc) is 2.96. The van der Waals surface area contributed by atoms with Gasteiger partial charge >= 0.3 is 0 Å². The maximum absolute atomic E-state index is 12.9. The summed E-state index contributed by atoms with van der Waals surface area (Å²) in [5, 5.41) is 5.47. The van der Waals surface area contributed by atoms with Crippen molar-refractivity contribution in [1.82, 2.24) is 5.01 Å². The highest BCUT2D eigenvalue weighted by atomic mass is 32.2. The van der Waals surface area contributed by atoms with Gasteiger partial charge in [0, 0.05) is 25.6 Å². The van der Waals surface area contributed by atoms with E-state index in [4.69, 9.17) is 0 Å². The Balaban J connectivity index is 1.85. The monoisotopic (exact) mass is 377 g/mol. The first kappa shape index (κ1) is 18.6. The van der Waals surface area contributed by atoms with E-state index in [-0.39, 0.29) is 41.9 Å². The van der Waals surface area contributed by atoms with Crippen LogP contribution in [0.4, 0.5) is 5.69 Å². The van der Waals surface area contributed by atoms with Gasteiger partial charge in [0.15, 0.2) is 9.84 Å². The molecule has 0 aliphatic carbocycles. The Hall–Kier alpha value is -2.22. The van der Waals surface area contributed by atoms with Crippen molar-refractivity contribution in [2.75, 3.05) is 23.5 Å². The van der Waals surface area contributed by atoms with E-state index in [9.17, 15) is 18.0 Å². The Labute approximate surface area is 153 Å². The number of sulfone groups is 1. The first-order chi connectivity index (χ1) is 12.2. The highest BCUT2D eigenvalue weighted by molar-refractivity contribution is 7.91. The molecule has 0 bridgehead atoms. The van der Waals surface area contributed by atoms with Crippen LogP contribution in [0.5, 0.6) is 0 Å². The van der Waals surface area contributed by atoms with Crippen LogP contribution >= 0.6 is 0 Å². The number of nitrogens with zero attached hydrogens (tertiary/aromatic N) is 3. The largest absolute Gasteiger partial charge is 0.310 e. The third-order valence-corrected chi connectivity index (χ3v) is 6.64. The van der Waals surface area contributed by atoms with E-state index in [1.165, 1.54) is 5.01 Å². The molecule has 3 rings (SSSR count). The Morgan fingerprint density at radius 1 is 1.27 bits per heavy atom. The molecule has 1 atom stereocenters. The first-order valence-corrected chi connectivity index (χ1v) is 10.5. The van der Waals surface area contributed by atoms with Crippen LogP contribution in [0.25, 0.3) is 0 Å².